The van der Waals surface area contributed by atoms with Crippen molar-refractivity contribution in [2.75, 3.05) is 26.3 Å². The first-order chi connectivity index (χ1) is 11.4. The number of hydrogen-bond donors (Lipinski definition) is 1. The van der Waals surface area contributed by atoms with Gasteiger partial charge in [0.1, 0.15) is 12.2 Å². The molecule has 0 radical (unpaired) electrons. The molecule has 1 aliphatic heterocycles. The fraction of sp³-hybridized carbons (Fsp3) is 0.357. The molecule has 0 aliphatic carbocycles. The first kappa shape index (κ1) is 16.6. The van der Waals surface area contributed by atoms with Crippen LogP contribution in [0, 0.1) is 6.92 Å². The van der Waals surface area contributed by atoms with Gasteiger partial charge in [-0.05, 0) is 25.1 Å². The van der Waals surface area contributed by atoms with Crippen LogP contribution in [0.2, 0.25) is 0 Å². The number of hydrogen-bond acceptors (Lipinski definition) is 6. The Morgan fingerprint density at radius 3 is 2.54 bits per heavy atom. The average Bonchev–Trinajstić information content (AvgIpc) is 3.01. The van der Waals surface area contributed by atoms with E-state index in [0.29, 0.717) is 24.7 Å². The maximum absolute atomic E-state index is 12.8. The Balaban J connectivity index is 2.09. The molecule has 1 N–H and O–H groups in total. The molecule has 1 aliphatic rings. The summed E-state index contributed by atoms with van der Waals surface area (Å²) in [6, 6.07) is 3.90. The topological polar surface area (TPSA) is 115 Å². The van der Waals surface area contributed by atoms with Gasteiger partial charge in [-0.15, -0.1) is 0 Å². The molecule has 0 unspecified atom stereocenters. The van der Waals surface area contributed by atoms with Crippen molar-refractivity contribution in [3.05, 3.63) is 35.9 Å². The molecule has 3 rings (SSSR count). The molecule has 0 spiro atoms. The van der Waals surface area contributed by atoms with E-state index in [0.717, 1.165) is 6.07 Å². The molecule has 9 nitrogen and oxygen atoms in total. The summed E-state index contributed by atoms with van der Waals surface area (Å²) in [6.07, 6.45) is 1.40. The van der Waals surface area contributed by atoms with Crippen LogP contribution in [0.15, 0.2) is 29.4 Å². The van der Waals surface area contributed by atoms with Crippen molar-refractivity contribution in [3.8, 4) is 5.69 Å². The molecule has 1 aromatic heterocycles. The van der Waals surface area contributed by atoms with Gasteiger partial charge in [0.05, 0.1) is 29.4 Å². The van der Waals surface area contributed by atoms with E-state index in [-0.39, 0.29) is 23.5 Å². The van der Waals surface area contributed by atoms with Gasteiger partial charge in [0, 0.05) is 13.1 Å². The molecular formula is C14H16N4O5S. The van der Waals surface area contributed by atoms with Crippen molar-refractivity contribution in [2.45, 2.75) is 11.8 Å². The number of benzene rings is 1. The predicted molar refractivity (Wildman–Crippen MR) is 82.6 cm³/mol. The molecule has 0 atom stereocenters. The lowest BCUT2D eigenvalue weighted by Gasteiger charge is -2.26. The van der Waals surface area contributed by atoms with Gasteiger partial charge in [0.25, 0.3) is 0 Å². The number of nitrogens with zero attached hydrogens (tertiary/aromatic N) is 4. The fourth-order valence-corrected chi connectivity index (χ4v) is 3.87. The van der Waals surface area contributed by atoms with Crippen molar-refractivity contribution in [3.63, 3.8) is 0 Å². The van der Waals surface area contributed by atoms with Crippen molar-refractivity contribution >= 4 is 16.0 Å². The van der Waals surface area contributed by atoms with E-state index in [1.54, 1.807) is 6.92 Å². The molecule has 1 fully saturated rings. The lowest BCUT2D eigenvalue weighted by molar-refractivity contribution is 0.0696. The summed E-state index contributed by atoms with van der Waals surface area (Å²) in [6.45, 7) is 2.78. The van der Waals surface area contributed by atoms with Gasteiger partial charge in [0.15, 0.2) is 0 Å². The van der Waals surface area contributed by atoms with Gasteiger partial charge >= 0.3 is 5.97 Å². The molecule has 2 heterocycles. The first-order valence-electron chi connectivity index (χ1n) is 7.23. The third-order valence-electron chi connectivity index (χ3n) is 3.62. The molecule has 128 valence electrons. The summed E-state index contributed by atoms with van der Waals surface area (Å²) in [4.78, 5) is 15.3. The van der Waals surface area contributed by atoms with Gasteiger partial charge < -0.3 is 9.84 Å². The minimum atomic E-state index is -3.81. The molecule has 1 aromatic carbocycles. The highest BCUT2D eigenvalue weighted by atomic mass is 32.2. The number of carbonyl (C=O) groups is 1. The Kier molecular flexibility index (Phi) is 4.35. The molecule has 10 heteroatoms. The average molecular weight is 352 g/mol. The zero-order chi connectivity index (χ0) is 17.3. The molecule has 24 heavy (non-hydrogen) atoms. The minimum Gasteiger partial charge on any atom is -0.478 e. The standard InChI is InChI=1S/C14H16N4O5S/c1-10-15-9-18(16-10)12-6-11(14(19)20)7-13(8-12)24(21,22)17-2-4-23-5-3-17/h6-9H,2-5H2,1H3,(H,19,20). The van der Waals surface area contributed by atoms with Crippen LogP contribution in [0.4, 0.5) is 0 Å². The van der Waals surface area contributed by atoms with Crippen LogP contribution in [-0.4, -0.2) is 64.9 Å². The van der Waals surface area contributed by atoms with Gasteiger partial charge in [-0.1, -0.05) is 0 Å². The molecular weight excluding hydrogens is 336 g/mol. The van der Waals surface area contributed by atoms with E-state index >= 15 is 0 Å². The Bertz CT molecular complexity index is 871. The summed E-state index contributed by atoms with van der Waals surface area (Å²) in [5, 5.41) is 13.4. The Morgan fingerprint density at radius 2 is 1.96 bits per heavy atom. The molecule has 0 amide bonds. The van der Waals surface area contributed by atoms with E-state index in [1.807, 2.05) is 0 Å². The third-order valence-corrected chi connectivity index (χ3v) is 5.49. The van der Waals surface area contributed by atoms with Gasteiger partial charge in [-0.25, -0.2) is 22.9 Å². The smallest absolute Gasteiger partial charge is 0.335 e. The van der Waals surface area contributed by atoms with E-state index in [4.69, 9.17) is 4.74 Å². The maximum Gasteiger partial charge on any atom is 0.335 e. The Hall–Kier alpha value is -2.30. The number of sulfonamides is 1. The molecule has 0 saturated carbocycles. The highest BCUT2D eigenvalue weighted by molar-refractivity contribution is 7.89. The lowest BCUT2D eigenvalue weighted by atomic mass is 10.2. The van der Waals surface area contributed by atoms with Crippen LogP contribution < -0.4 is 0 Å². The quantitative estimate of drug-likeness (QED) is 0.841. The van der Waals surface area contributed by atoms with Crippen LogP contribution in [-0.2, 0) is 14.8 Å². The summed E-state index contributed by atoms with van der Waals surface area (Å²) >= 11 is 0. The minimum absolute atomic E-state index is 0.0903. The second kappa shape index (κ2) is 6.30. The number of aromatic nitrogens is 3. The number of carboxylic acid groups (broad SMARTS) is 1. The normalized spacial score (nSPS) is 16.2. The van der Waals surface area contributed by atoms with E-state index in [1.165, 1.54) is 27.4 Å². The highest BCUT2D eigenvalue weighted by Gasteiger charge is 2.28. The fourth-order valence-electron chi connectivity index (χ4n) is 2.39. The third kappa shape index (κ3) is 3.16. The number of aromatic carboxylic acids is 1. The van der Waals surface area contributed by atoms with Gasteiger partial charge in [-0.3, -0.25) is 0 Å². The van der Waals surface area contributed by atoms with E-state index in [2.05, 4.69) is 10.1 Å². The Labute approximate surface area is 138 Å². The van der Waals surface area contributed by atoms with Gasteiger partial charge in [-0.2, -0.15) is 9.40 Å². The second-order valence-electron chi connectivity index (χ2n) is 5.27. The highest BCUT2D eigenvalue weighted by Crippen LogP contribution is 2.22. The van der Waals surface area contributed by atoms with Crippen LogP contribution >= 0.6 is 0 Å². The predicted octanol–water partition coefficient (Wildman–Crippen LogP) is 0.295. The van der Waals surface area contributed by atoms with Crippen molar-refractivity contribution in [1.29, 1.82) is 0 Å². The van der Waals surface area contributed by atoms with Crippen molar-refractivity contribution in [1.82, 2.24) is 19.1 Å². The summed E-state index contributed by atoms with van der Waals surface area (Å²) < 4.78 is 33.4. The molecule has 2 aromatic rings. The number of carboxylic acids is 1. The number of aryl methyl sites for hydroxylation is 1. The monoisotopic (exact) mass is 352 g/mol. The largest absolute Gasteiger partial charge is 0.478 e. The van der Waals surface area contributed by atoms with E-state index in [9.17, 15) is 18.3 Å². The first-order valence-corrected chi connectivity index (χ1v) is 8.67. The zero-order valence-electron chi connectivity index (χ0n) is 12.9. The number of morpholine rings is 1. The van der Waals surface area contributed by atoms with Crippen LogP contribution in [0.25, 0.3) is 5.69 Å². The SMILES string of the molecule is Cc1ncn(-c2cc(C(=O)O)cc(S(=O)(=O)N3CCOCC3)c2)n1. The summed E-state index contributed by atoms with van der Waals surface area (Å²) in [7, 11) is -3.81. The maximum atomic E-state index is 12.8. The Morgan fingerprint density at radius 1 is 1.25 bits per heavy atom. The number of ether oxygens (including phenoxy) is 1. The van der Waals surface area contributed by atoms with Crippen LogP contribution in [0.5, 0.6) is 0 Å². The van der Waals surface area contributed by atoms with Crippen molar-refractivity contribution in [2.24, 2.45) is 0 Å². The second-order valence-corrected chi connectivity index (χ2v) is 7.21. The summed E-state index contributed by atoms with van der Waals surface area (Å²) in [5.41, 5.74) is 0.190. The molecule has 0 bridgehead atoms. The van der Waals surface area contributed by atoms with Crippen LogP contribution in [0.3, 0.4) is 0 Å². The lowest BCUT2D eigenvalue weighted by Crippen LogP contribution is -2.40. The molecule has 1 saturated heterocycles. The van der Waals surface area contributed by atoms with Gasteiger partial charge in [0.2, 0.25) is 10.0 Å². The van der Waals surface area contributed by atoms with Crippen LogP contribution in [0.1, 0.15) is 16.2 Å². The number of rotatable bonds is 4. The van der Waals surface area contributed by atoms with Crippen molar-refractivity contribution < 1.29 is 23.1 Å². The van der Waals surface area contributed by atoms with E-state index < -0.39 is 16.0 Å². The summed E-state index contributed by atoms with van der Waals surface area (Å²) in [5.74, 6) is -0.722. The zero-order valence-corrected chi connectivity index (χ0v) is 13.7.